The van der Waals surface area contributed by atoms with Crippen molar-refractivity contribution in [1.82, 2.24) is 0 Å². The summed E-state index contributed by atoms with van der Waals surface area (Å²) in [7, 11) is -3.89. The van der Waals surface area contributed by atoms with Crippen molar-refractivity contribution in [3.05, 3.63) is 81.7 Å². The van der Waals surface area contributed by atoms with E-state index in [4.69, 9.17) is 5.14 Å². The number of nitrogens with two attached hydrogens (primary N) is 1. The van der Waals surface area contributed by atoms with E-state index in [2.05, 4.69) is 5.32 Å². The number of hydrogen-bond acceptors (Lipinski definition) is 6. The molecule has 1 aromatic heterocycles. The summed E-state index contributed by atoms with van der Waals surface area (Å²) < 4.78 is 23.1. The third-order valence-corrected chi connectivity index (χ3v) is 6.74. The maximum atomic E-state index is 13.4. The van der Waals surface area contributed by atoms with Crippen LogP contribution in [0.25, 0.3) is 5.57 Å². The predicted octanol–water partition coefficient (Wildman–Crippen LogP) is 3.41. The van der Waals surface area contributed by atoms with Crippen molar-refractivity contribution in [2.45, 2.75) is 18.7 Å². The molecule has 3 N–H and O–H groups in total. The summed E-state index contributed by atoms with van der Waals surface area (Å²) in [6, 6.07) is 14.7. The monoisotopic (exact) mass is 453 g/mol. The molecule has 0 aliphatic carbocycles. The van der Waals surface area contributed by atoms with Gasteiger partial charge >= 0.3 is 0 Å². The lowest BCUT2D eigenvalue weighted by atomic mass is 10.1. The number of primary sulfonamides is 1. The average Bonchev–Trinajstić information content (AvgIpc) is 3.31. The van der Waals surface area contributed by atoms with Crippen LogP contribution in [-0.4, -0.2) is 20.2 Å². The minimum atomic E-state index is -3.89. The molecule has 7 nitrogen and oxygen atoms in total. The van der Waals surface area contributed by atoms with Crippen LogP contribution in [0.3, 0.4) is 0 Å². The van der Waals surface area contributed by atoms with Crippen LogP contribution in [0.4, 0.5) is 11.4 Å². The fraction of sp³-hybridized carbons (Fsp3) is 0.0909. The summed E-state index contributed by atoms with van der Waals surface area (Å²) in [5, 5.41) is 10.1. The fourth-order valence-corrected chi connectivity index (χ4v) is 4.60. The van der Waals surface area contributed by atoms with Gasteiger partial charge in [-0.2, -0.15) is 0 Å². The number of amides is 2. The number of benzene rings is 2. The number of hydrogen-bond donors (Lipinski definition) is 2. The van der Waals surface area contributed by atoms with Gasteiger partial charge in [0.25, 0.3) is 11.8 Å². The van der Waals surface area contributed by atoms with Crippen LogP contribution < -0.4 is 15.4 Å². The van der Waals surface area contributed by atoms with Gasteiger partial charge in [-0.05, 0) is 66.8 Å². The molecule has 1 aliphatic heterocycles. The molecule has 0 saturated heterocycles. The first-order valence-corrected chi connectivity index (χ1v) is 11.7. The van der Waals surface area contributed by atoms with E-state index in [0.717, 1.165) is 21.7 Å². The third-order valence-electron chi connectivity index (χ3n) is 4.93. The molecule has 2 aromatic carbocycles. The van der Waals surface area contributed by atoms with E-state index in [1.54, 1.807) is 6.07 Å². The van der Waals surface area contributed by atoms with Gasteiger partial charge in [0.2, 0.25) is 10.0 Å². The molecule has 0 spiro atoms. The molecule has 2 amide bonds. The van der Waals surface area contributed by atoms with Crippen molar-refractivity contribution in [2.75, 3.05) is 10.2 Å². The van der Waals surface area contributed by atoms with Gasteiger partial charge in [-0.3, -0.25) is 9.59 Å². The highest BCUT2D eigenvalue weighted by Gasteiger charge is 2.40. The zero-order chi connectivity index (χ0) is 22.3. The van der Waals surface area contributed by atoms with Gasteiger partial charge in [0.15, 0.2) is 0 Å². The second kappa shape index (κ2) is 7.77. The molecule has 0 fully saturated rings. The number of thiophene rings is 1. The molecule has 9 heteroatoms. The van der Waals surface area contributed by atoms with E-state index in [0.29, 0.717) is 4.88 Å². The molecule has 0 atom stereocenters. The Morgan fingerprint density at radius 1 is 0.968 bits per heavy atom. The summed E-state index contributed by atoms with van der Waals surface area (Å²) in [6.45, 7) is 3.86. The highest BCUT2D eigenvalue weighted by atomic mass is 32.2. The van der Waals surface area contributed by atoms with Crippen molar-refractivity contribution >= 4 is 50.1 Å². The van der Waals surface area contributed by atoms with Gasteiger partial charge < -0.3 is 5.32 Å². The van der Waals surface area contributed by atoms with Gasteiger partial charge in [-0.15, -0.1) is 11.3 Å². The molecule has 0 unspecified atom stereocenters. The molecule has 158 valence electrons. The first-order chi connectivity index (χ1) is 14.7. The minimum Gasteiger partial charge on any atom is -0.350 e. The maximum absolute atomic E-state index is 13.4. The molecular formula is C22H19N3O4S2. The van der Waals surface area contributed by atoms with E-state index in [9.17, 15) is 18.0 Å². The number of rotatable bonds is 5. The molecule has 0 saturated carbocycles. The Morgan fingerprint density at radius 2 is 1.68 bits per heavy atom. The van der Waals surface area contributed by atoms with Gasteiger partial charge in [0.05, 0.1) is 16.2 Å². The summed E-state index contributed by atoms with van der Waals surface area (Å²) in [5.41, 5.74) is 3.39. The fourth-order valence-electron chi connectivity index (χ4n) is 3.32. The number of nitrogens with one attached hydrogen (secondary N) is 1. The third kappa shape index (κ3) is 3.90. The zero-order valence-electron chi connectivity index (χ0n) is 16.7. The predicted molar refractivity (Wildman–Crippen MR) is 121 cm³/mol. The second-order valence-corrected chi connectivity index (χ2v) is 9.66. The van der Waals surface area contributed by atoms with Crippen molar-refractivity contribution < 1.29 is 18.0 Å². The molecule has 2 heterocycles. The van der Waals surface area contributed by atoms with Crippen LogP contribution in [0.1, 0.15) is 16.0 Å². The van der Waals surface area contributed by atoms with Crippen molar-refractivity contribution in [1.29, 1.82) is 0 Å². The summed E-state index contributed by atoms with van der Waals surface area (Å²) in [5.74, 6) is -0.999. The van der Waals surface area contributed by atoms with Crippen molar-refractivity contribution in [2.24, 2.45) is 5.14 Å². The highest BCUT2D eigenvalue weighted by Crippen LogP contribution is 2.36. The Hall–Kier alpha value is -3.27. The Morgan fingerprint density at radius 3 is 2.29 bits per heavy atom. The molecule has 0 bridgehead atoms. The SMILES string of the molecule is Cc1ccc(C)c(NC2=C(c3cccs3)C(=O)N(c3ccc(S(N)(=O)=O)cc3)C2=O)c1. The Labute approximate surface area is 183 Å². The molecule has 1 aliphatic rings. The number of sulfonamides is 1. The number of imide groups is 1. The second-order valence-electron chi connectivity index (χ2n) is 7.16. The van der Waals surface area contributed by atoms with Crippen LogP contribution >= 0.6 is 11.3 Å². The van der Waals surface area contributed by atoms with Gasteiger partial charge in [0, 0.05) is 10.6 Å². The molecule has 31 heavy (non-hydrogen) atoms. The van der Waals surface area contributed by atoms with Crippen LogP contribution in [0.5, 0.6) is 0 Å². The molecular weight excluding hydrogens is 434 g/mol. The van der Waals surface area contributed by atoms with Crippen LogP contribution in [0, 0.1) is 13.8 Å². The Balaban J connectivity index is 1.79. The molecule has 4 rings (SSSR count). The Bertz CT molecular complexity index is 1330. The maximum Gasteiger partial charge on any atom is 0.282 e. The van der Waals surface area contributed by atoms with Crippen molar-refractivity contribution in [3.63, 3.8) is 0 Å². The Kier molecular flexibility index (Phi) is 5.26. The van der Waals surface area contributed by atoms with E-state index in [1.807, 2.05) is 43.5 Å². The van der Waals surface area contributed by atoms with Gasteiger partial charge in [0.1, 0.15) is 5.70 Å². The zero-order valence-corrected chi connectivity index (χ0v) is 18.4. The lowest BCUT2D eigenvalue weighted by Gasteiger charge is -2.16. The number of nitrogens with zero attached hydrogens (tertiary/aromatic N) is 1. The lowest BCUT2D eigenvalue weighted by molar-refractivity contribution is -0.120. The van der Waals surface area contributed by atoms with E-state index in [1.165, 1.54) is 35.6 Å². The highest BCUT2D eigenvalue weighted by molar-refractivity contribution is 7.89. The summed E-state index contributed by atoms with van der Waals surface area (Å²) in [6.07, 6.45) is 0. The summed E-state index contributed by atoms with van der Waals surface area (Å²) >= 11 is 1.36. The van der Waals surface area contributed by atoms with E-state index in [-0.39, 0.29) is 21.9 Å². The summed E-state index contributed by atoms with van der Waals surface area (Å²) in [4.78, 5) is 28.3. The normalized spacial score (nSPS) is 14.5. The van der Waals surface area contributed by atoms with Crippen molar-refractivity contribution in [3.8, 4) is 0 Å². The number of aryl methyl sites for hydroxylation is 2. The largest absolute Gasteiger partial charge is 0.350 e. The number of anilines is 2. The van der Waals surface area contributed by atoms with E-state index >= 15 is 0 Å². The molecule has 0 radical (unpaired) electrons. The van der Waals surface area contributed by atoms with Gasteiger partial charge in [-0.1, -0.05) is 18.2 Å². The van der Waals surface area contributed by atoms with Crippen LogP contribution in [0.2, 0.25) is 0 Å². The topological polar surface area (TPSA) is 110 Å². The standard InChI is InChI=1S/C22H19N3O4S2/c1-13-5-6-14(2)17(12-13)24-20-19(18-4-3-11-30-18)21(26)25(22(20)27)15-7-9-16(10-8-15)31(23,28)29/h3-12,24H,1-2H3,(H2,23,28,29). The molecule has 3 aromatic rings. The van der Waals surface area contributed by atoms with Crippen LogP contribution in [0.15, 0.2) is 70.6 Å². The first kappa shape index (κ1) is 21.0. The number of carbonyl (C=O) groups excluding carboxylic acids is 2. The average molecular weight is 454 g/mol. The minimum absolute atomic E-state index is 0.101. The quantitative estimate of drug-likeness (QED) is 0.576. The smallest absolute Gasteiger partial charge is 0.282 e. The number of carbonyl (C=O) groups is 2. The van der Waals surface area contributed by atoms with Crippen LogP contribution in [-0.2, 0) is 19.6 Å². The van der Waals surface area contributed by atoms with E-state index < -0.39 is 21.8 Å². The lowest BCUT2D eigenvalue weighted by Crippen LogP contribution is -2.32. The van der Waals surface area contributed by atoms with Gasteiger partial charge in [-0.25, -0.2) is 18.5 Å². The first-order valence-electron chi connectivity index (χ1n) is 9.31.